The molecule has 0 bridgehead atoms. The van der Waals surface area contributed by atoms with E-state index in [2.05, 4.69) is 9.47 Å². The highest BCUT2D eigenvalue weighted by molar-refractivity contribution is 5.73. The van der Waals surface area contributed by atoms with Crippen molar-refractivity contribution in [1.29, 1.82) is 0 Å². The fraction of sp³-hybridized carbons (Fsp3) is 0.300. The number of halogens is 2. The van der Waals surface area contributed by atoms with Gasteiger partial charge in [0.25, 0.3) is 0 Å². The van der Waals surface area contributed by atoms with Gasteiger partial charge in [0.2, 0.25) is 5.75 Å². The van der Waals surface area contributed by atoms with Gasteiger partial charge >= 0.3 is 18.0 Å². The zero-order valence-corrected chi connectivity index (χ0v) is 9.26. The van der Waals surface area contributed by atoms with Gasteiger partial charge in [-0.3, -0.25) is 10.1 Å². The first-order valence-corrected chi connectivity index (χ1v) is 4.87. The van der Waals surface area contributed by atoms with E-state index in [0.717, 1.165) is 12.1 Å². The maximum atomic E-state index is 13.2. The van der Waals surface area contributed by atoms with Gasteiger partial charge in [0.15, 0.2) is 0 Å². The number of esters is 1. The number of ether oxygens (including phenoxy) is 2. The third kappa shape index (κ3) is 3.37. The average Bonchev–Trinajstić information content (AvgIpc) is 2.31. The lowest BCUT2D eigenvalue weighted by Crippen LogP contribution is -2.25. The summed E-state index contributed by atoms with van der Waals surface area (Å²) in [4.78, 5) is 20.6. The van der Waals surface area contributed by atoms with Crippen LogP contribution in [0.4, 0.5) is 14.5 Å². The number of benzene rings is 1. The summed E-state index contributed by atoms with van der Waals surface area (Å²) in [5.74, 6) is -2.74. The summed E-state index contributed by atoms with van der Waals surface area (Å²) in [5.41, 5.74) is -0.776. The zero-order chi connectivity index (χ0) is 13.7. The Morgan fingerprint density at radius 2 is 2.22 bits per heavy atom. The quantitative estimate of drug-likeness (QED) is 0.460. The number of nitro benzene ring substituents is 1. The van der Waals surface area contributed by atoms with Crippen molar-refractivity contribution in [3.63, 3.8) is 0 Å². The number of nitrogens with zero attached hydrogens (tertiary/aromatic N) is 1. The minimum absolute atomic E-state index is 0.0614. The van der Waals surface area contributed by atoms with E-state index in [1.807, 2.05) is 0 Å². The molecule has 1 aromatic carbocycles. The molecule has 1 rings (SSSR count). The molecule has 98 valence electrons. The summed E-state index contributed by atoms with van der Waals surface area (Å²) in [6, 6.07) is 2.27. The average molecular weight is 261 g/mol. The summed E-state index contributed by atoms with van der Waals surface area (Å²) in [6.07, 6.45) is -2.51. The first kappa shape index (κ1) is 13.8. The lowest BCUT2D eigenvalue weighted by atomic mass is 10.3. The number of hydrogen-bond acceptors (Lipinski definition) is 5. The number of carbonyl (C=O) groups excluding carboxylic acids is 1. The van der Waals surface area contributed by atoms with Crippen molar-refractivity contribution >= 4 is 11.7 Å². The Morgan fingerprint density at radius 1 is 1.56 bits per heavy atom. The lowest BCUT2D eigenvalue weighted by molar-refractivity contribution is -0.386. The van der Waals surface area contributed by atoms with E-state index in [1.165, 1.54) is 6.92 Å². The van der Waals surface area contributed by atoms with E-state index in [9.17, 15) is 23.7 Å². The molecule has 0 saturated carbocycles. The molecular weight excluding hydrogens is 252 g/mol. The van der Waals surface area contributed by atoms with Crippen molar-refractivity contribution < 1.29 is 28.0 Å². The molecule has 0 aromatic heterocycles. The van der Waals surface area contributed by atoms with Gasteiger partial charge in [-0.25, -0.2) is 9.18 Å². The van der Waals surface area contributed by atoms with Gasteiger partial charge in [0.05, 0.1) is 17.6 Å². The van der Waals surface area contributed by atoms with Gasteiger partial charge in [-0.15, -0.1) is 0 Å². The highest BCUT2D eigenvalue weighted by atomic mass is 19.1. The van der Waals surface area contributed by atoms with Crippen molar-refractivity contribution in [3.05, 3.63) is 34.1 Å². The van der Waals surface area contributed by atoms with Crippen molar-refractivity contribution in [2.75, 3.05) is 6.61 Å². The molecule has 0 spiro atoms. The van der Waals surface area contributed by atoms with Crippen LogP contribution in [0.25, 0.3) is 0 Å². The molecule has 0 radical (unpaired) electrons. The lowest BCUT2D eigenvalue weighted by Gasteiger charge is -2.10. The normalized spacial score (nSPS) is 11.7. The van der Waals surface area contributed by atoms with E-state index in [0.29, 0.717) is 6.07 Å². The van der Waals surface area contributed by atoms with Crippen molar-refractivity contribution in [1.82, 2.24) is 0 Å². The summed E-state index contributed by atoms with van der Waals surface area (Å²) < 4.78 is 34.7. The Kier molecular flexibility index (Phi) is 4.52. The second-order valence-electron chi connectivity index (χ2n) is 3.06. The van der Waals surface area contributed by atoms with Crippen LogP contribution in [0.15, 0.2) is 18.2 Å². The Labute approximate surface area is 100 Å². The summed E-state index contributed by atoms with van der Waals surface area (Å²) in [7, 11) is 0. The molecule has 0 heterocycles. The standard InChI is InChI=1S/C10H9F2NO5/c1-2-17-10(14)9(12)18-8-4-3-6(11)5-7(8)13(15)16/h3-5,9H,2H2,1H3. The maximum absolute atomic E-state index is 13.2. The molecule has 18 heavy (non-hydrogen) atoms. The van der Waals surface area contributed by atoms with Crippen LogP contribution in [0.1, 0.15) is 6.92 Å². The molecule has 1 unspecified atom stereocenters. The van der Waals surface area contributed by atoms with Crippen molar-refractivity contribution in [3.8, 4) is 5.75 Å². The molecular formula is C10H9F2NO5. The van der Waals surface area contributed by atoms with E-state index >= 15 is 0 Å². The highest BCUT2D eigenvalue weighted by Gasteiger charge is 2.25. The zero-order valence-electron chi connectivity index (χ0n) is 9.26. The molecule has 0 fully saturated rings. The number of nitro groups is 1. The highest BCUT2D eigenvalue weighted by Crippen LogP contribution is 2.28. The molecule has 8 heteroatoms. The molecule has 1 atom stereocenters. The number of rotatable bonds is 5. The molecule has 0 amide bonds. The molecule has 0 N–H and O–H groups in total. The van der Waals surface area contributed by atoms with E-state index in [1.54, 1.807) is 0 Å². The van der Waals surface area contributed by atoms with Crippen LogP contribution in [-0.2, 0) is 9.53 Å². The third-order valence-corrected chi connectivity index (χ3v) is 1.82. The second kappa shape index (κ2) is 5.89. The van der Waals surface area contributed by atoms with Crippen LogP contribution in [0, 0.1) is 15.9 Å². The summed E-state index contributed by atoms with van der Waals surface area (Å²) in [6.45, 7) is 1.40. The maximum Gasteiger partial charge on any atom is 0.381 e. The predicted octanol–water partition coefficient (Wildman–Crippen LogP) is 1.97. The monoisotopic (exact) mass is 261 g/mol. The minimum Gasteiger partial charge on any atom is -0.461 e. The molecule has 1 aromatic rings. The Hall–Kier alpha value is -2.25. The fourth-order valence-corrected chi connectivity index (χ4v) is 1.10. The van der Waals surface area contributed by atoms with Crippen molar-refractivity contribution in [2.24, 2.45) is 0 Å². The minimum atomic E-state index is -2.51. The summed E-state index contributed by atoms with van der Waals surface area (Å²) >= 11 is 0. The van der Waals surface area contributed by atoms with Crippen LogP contribution >= 0.6 is 0 Å². The SMILES string of the molecule is CCOC(=O)C(F)Oc1ccc(F)cc1[N+](=O)[O-]. The van der Waals surface area contributed by atoms with Crippen LogP contribution in [-0.4, -0.2) is 23.9 Å². The van der Waals surface area contributed by atoms with E-state index in [-0.39, 0.29) is 6.61 Å². The summed E-state index contributed by atoms with van der Waals surface area (Å²) in [5, 5.41) is 10.6. The smallest absolute Gasteiger partial charge is 0.381 e. The Bertz CT molecular complexity index is 466. The number of alkyl halides is 1. The van der Waals surface area contributed by atoms with Crippen LogP contribution in [0.3, 0.4) is 0 Å². The first-order chi connectivity index (χ1) is 8.45. The fourth-order valence-electron chi connectivity index (χ4n) is 1.10. The van der Waals surface area contributed by atoms with E-state index < -0.39 is 34.5 Å². The number of carbonyl (C=O) groups is 1. The van der Waals surface area contributed by atoms with Gasteiger partial charge in [-0.1, -0.05) is 0 Å². The Morgan fingerprint density at radius 3 is 2.78 bits per heavy atom. The van der Waals surface area contributed by atoms with Crippen LogP contribution in [0.5, 0.6) is 5.75 Å². The van der Waals surface area contributed by atoms with Gasteiger partial charge in [0.1, 0.15) is 5.82 Å². The van der Waals surface area contributed by atoms with Crippen LogP contribution in [0.2, 0.25) is 0 Å². The van der Waals surface area contributed by atoms with Gasteiger partial charge in [0, 0.05) is 0 Å². The van der Waals surface area contributed by atoms with Crippen LogP contribution < -0.4 is 4.74 Å². The number of hydrogen-bond donors (Lipinski definition) is 0. The van der Waals surface area contributed by atoms with E-state index in [4.69, 9.17) is 0 Å². The second-order valence-corrected chi connectivity index (χ2v) is 3.06. The van der Waals surface area contributed by atoms with Gasteiger partial charge in [-0.2, -0.15) is 4.39 Å². The molecule has 6 nitrogen and oxygen atoms in total. The molecule has 0 saturated heterocycles. The first-order valence-electron chi connectivity index (χ1n) is 4.87. The molecule has 0 aliphatic rings. The Balaban J connectivity index is 2.90. The predicted molar refractivity (Wildman–Crippen MR) is 55.2 cm³/mol. The van der Waals surface area contributed by atoms with Crippen molar-refractivity contribution in [2.45, 2.75) is 13.3 Å². The molecule has 0 aliphatic carbocycles. The topological polar surface area (TPSA) is 78.7 Å². The van der Waals surface area contributed by atoms with Gasteiger partial charge in [-0.05, 0) is 19.1 Å². The largest absolute Gasteiger partial charge is 0.461 e. The third-order valence-electron chi connectivity index (χ3n) is 1.82. The van der Waals surface area contributed by atoms with Gasteiger partial charge < -0.3 is 9.47 Å². The molecule has 0 aliphatic heterocycles.